The van der Waals surface area contributed by atoms with Gasteiger partial charge in [-0.3, -0.25) is 4.99 Å². The molecule has 1 aromatic rings. The lowest BCUT2D eigenvalue weighted by atomic mass is 10.1. The molecule has 1 aromatic carbocycles. The molecule has 5 nitrogen and oxygen atoms in total. The molecule has 0 aliphatic carbocycles. The highest BCUT2D eigenvalue weighted by Gasteiger charge is 2.05. The summed E-state index contributed by atoms with van der Waals surface area (Å²) >= 11 is 0. The Kier molecular flexibility index (Phi) is 6.06. The average Bonchev–Trinajstić information content (AvgIpc) is 2.38. The summed E-state index contributed by atoms with van der Waals surface area (Å²) in [6, 6.07) is 7.79. The maximum absolute atomic E-state index is 5.43. The topological polar surface area (TPSA) is 68.9 Å². The van der Waals surface area contributed by atoms with Crippen LogP contribution in [-0.4, -0.2) is 33.2 Å². The average molecular weight is 237 g/mol. The Morgan fingerprint density at radius 2 is 2.12 bits per heavy atom. The van der Waals surface area contributed by atoms with Crippen LogP contribution in [0.3, 0.4) is 0 Å². The number of para-hydroxylation sites is 1. The first kappa shape index (κ1) is 13.5. The summed E-state index contributed by atoms with van der Waals surface area (Å²) < 4.78 is 10.2. The van der Waals surface area contributed by atoms with Crippen LogP contribution >= 0.6 is 0 Å². The summed E-state index contributed by atoms with van der Waals surface area (Å²) in [6.45, 7) is 1.17. The SMILES string of the molecule is COCCN=C(Cc1ccccc1OC)NN. The lowest BCUT2D eigenvalue weighted by molar-refractivity contribution is 0.208. The number of hydrogen-bond acceptors (Lipinski definition) is 4. The quantitative estimate of drug-likeness (QED) is 0.252. The molecule has 0 spiro atoms. The molecule has 0 radical (unpaired) electrons. The maximum Gasteiger partial charge on any atom is 0.122 e. The molecule has 0 unspecified atom stereocenters. The summed E-state index contributed by atoms with van der Waals surface area (Å²) in [5.41, 5.74) is 3.65. The van der Waals surface area contributed by atoms with E-state index in [9.17, 15) is 0 Å². The van der Waals surface area contributed by atoms with E-state index in [-0.39, 0.29) is 0 Å². The Morgan fingerprint density at radius 1 is 1.35 bits per heavy atom. The van der Waals surface area contributed by atoms with Gasteiger partial charge in [0.15, 0.2) is 0 Å². The van der Waals surface area contributed by atoms with Crippen molar-refractivity contribution in [3.8, 4) is 5.75 Å². The van der Waals surface area contributed by atoms with Crippen molar-refractivity contribution < 1.29 is 9.47 Å². The first-order valence-electron chi connectivity index (χ1n) is 5.42. The standard InChI is InChI=1S/C12H19N3O2/c1-16-8-7-14-12(15-13)9-10-5-3-4-6-11(10)17-2/h3-6H,7-9,13H2,1-2H3,(H,14,15). The summed E-state index contributed by atoms with van der Waals surface area (Å²) in [5.74, 6) is 6.98. The molecule has 0 atom stereocenters. The van der Waals surface area contributed by atoms with E-state index >= 15 is 0 Å². The van der Waals surface area contributed by atoms with Gasteiger partial charge in [-0.05, 0) is 6.07 Å². The molecule has 0 bridgehead atoms. The Bertz CT molecular complexity index is 367. The zero-order valence-corrected chi connectivity index (χ0v) is 10.3. The second-order valence-electron chi connectivity index (χ2n) is 3.45. The van der Waals surface area contributed by atoms with E-state index < -0.39 is 0 Å². The smallest absolute Gasteiger partial charge is 0.122 e. The van der Waals surface area contributed by atoms with Gasteiger partial charge in [-0.15, -0.1) is 0 Å². The third kappa shape index (κ3) is 4.42. The van der Waals surface area contributed by atoms with Crippen molar-refractivity contribution >= 4 is 5.84 Å². The number of rotatable bonds is 6. The molecule has 0 aromatic heterocycles. The fraction of sp³-hybridized carbons (Fsp3) is 0.417. The Labute approximate surface area is 102 Å². The first-order chi connectivity index (χ1) is 8.31. The van der Waals surface area contributed by atoms with E-state index in [1.54, 1.807) is 14.2 Å². The number of aliphatic imine (C=N–C) groups is 1. The molecular weight excluding hydrogens is 218 g/mol. The van der Waals surface area contributed by atoms with E-state index in [0.29, 0.717) is 25.4 Å². The van der Waals surface area contributed by atoms with E-state index in [1.165, 1.54) is 0 Å². The molecule has 5 heteroatoms. The number of nitrogens with zero attached hydrogens (tertiary/aromatic N) is 1. The van der Waals surface area contributed by atoms with Crippen molar-refractivity contribution in [1.82, 2.24) is 5.43 Å². The minimum Gasteiger partial charge on any atom is -0.496 e. The lowest BCUT2D eigenvalue weighted by Crippen LogP contribution is -2.32. The molecular formula is C12H19N3O2. The molecule has 17 heavy (non-hydrogen) atoms. The van der Waals surface area contributed by atoms with Crippen molar-refractivity contribution in [2.75, 3.05) is 27.4 Å². The Balaban J connectivity index is 2.69. The molecule has 0 fully saturated rings. The minimum absolute atomic E-state index is 0.580. The van der Waals surface area contributed by atoms with Crippen LogP contribution in [0.15, 0.2) is 29.3 Å². The van der Waals surface area contributed by atoms with Gasteiger partial charge in [0.1, 0.15) is 11.6 Å². The third-order valence-electron chi connectivity index (χ3n) is 2.32. The zero-order valence-electron chi connectivity index (χ0n) is 10.3. The highest BCUT2D eigenvalue weighted by atomic mass is 16.5. The summed E-state index contributed by atoms with van der Waals surface area (Å²) in [5, 5.41) is 0. The molecule has 0 amide bonds. The molecule has 0 saturated carbocycles. The van der Waals surface area contributed by atoms with E-state index in [4.69, 9.17) is 15.3 Å². The Hall–Kier alpha value is -1.59. The molecule has 3 N–H and O–H groups in total. The molecule has 0 heterocycles. The van der Waals surface area contributed by atoms with Crippen LogP contribution < -0.4 is 16.0 Å². The second-order valence-corrected chi connectivity index (χ2v) is 3.45. The van der Waals surface area contributed by atoms with Crippen LogP contribution in [0.5, 0.6) is 5.75 Å². The predicted octanol–water partition coefficient (Wildman–Crippen LogP) is 0.746. The first-order valence-corrected chi connectivity index (χ1v) is 5.42. The summed E-state index contributed by atoms with van der Waals surface area (Å²) in [4.78, 5) is 4.30. The third-order valence-corrected chi connectivity index (χ3v) is 2.32. The van der Waals surface area contributed by atoms with Crippen LogP contribution in [0.2, 0.25) is 0 Å². The van der Waals surface area contributed by atoms with Crippen molar-refractivity contribution in [3.05, 3.63) is 29.8 Å². The molecule has 0 aliphatic heterocycles. The zero-order chi connectivity index (χ0) is 12.5. The van der Waals surface area contributed by atoms with Crippen molar-refractivity contribution in [1.29, 1.82) is 0 Å². The van der Waals surface area contributed by atoms with Gasteiger partial charge in [0.05, 0.1) is 20.3 Å². The van der Waals surface area contributed by atoms with E-state index in [0.717, 1.165) is 11.3 Å². The number of hydrogen-bond donors (Lipinski definition) is 2. The van der Waals surface area contributed by atoms with Gasteiger partial charge in [0.25, 0.3) is 0 Å². The van der Waals surface area contributed by atoms with Gasteiger partial charge >= 0.3 is 0 Å². The number of ether oxygens (including phenoxy) is 2. The lowest BCUT2D eigenvalue weighted by Gasteiger charge is -2.10. The van der Waals surface area contributed by atoms with Crippen molar-refractivity contribution in [2.45, 2.75) is 6.42 Å². The van der Waals surface area contributed by atoms with Crippen LogP contribution in [-0.2, 0) is 11.2 Å². The molecule has 0 aliphatic rings. The van der Waals surface area contributed by atoms with Gasteiger partial charge in [0.2, 0.25) is 0 Å². The summed E-state index contributed by atoms with van der Waals surface area (Å²) in [7, 11) is 3.29. The Morgan fingerprint density at radius 3 is 2.76 bits per heavy atom. The highest BCUT2D eigenvalue weighted by molar-refractivity contribution is 5.84. The number of benzene rings is 1. The van der Waals surface area contributed by atoms with Gasteiger partial charge in [0, 0.05) is 19.1 Å². The van der Waals surface area contributed by atoms with Crippen molar-refractivity contribution in [3.63, 3.8) is 0 Å². The maximum atomic E-state index is 5.43. The van der Waals surface area contributed by atoms with Crippen LogP contribution in [0.1, 0.15) is 5.56 Å². The van der Waals surface area contributed by atoms with Crippen LogP contribution in [0.25, 0.3) is 0 Å². The van der Waals surface area contributed by atoms with Gasteiger partial charge < -0.3 is 14.9 Å². The van der Waals surface area contributed by atoms with E-state index in [1.807, 2.05) is 24.3 Å². The number of amidine groups is 1. The number of methoxy groups -OCH3 is 2. The van der Waals surface area contributed by atoms with Gasteiger partial charge in [-0.1, -0.05) is 18.2 Å². The second kappa shape index (κ2) is 7.65. The number of nitrogens with two attached hydrogens (primary N) is 1. The monoisotopic (exact) mass is 237 g/mol. The number of nitrogens with one attached hydrogen (secondary N) is 1. The van der Waals surface area contributed by atoms with Gasteiger partial charge in [-0.25, -0.2) is 5.84 Å². The highest BCUT2D eigenvalue weighted by Crippen LogP contribution is 2.17. The van der Waals surface area contributed by atoms with Crippen LogP contribution in [0.4, 0.5) is 0 Å². The minimum atomic E-state index is 0.580. The van der Waals surface area contributed by atoms with E-state index in [2.05, 4.69) is 10.4 Å². The summed E-state index contributed by atoms with van der Waals surface area (Å²) in [6.07, 6.45) is 0.615. The fourth-order valence-electron chi connectivity index (χ4n) is 1.45. The van der Waals surface area contributed by atoms with Crippen LogP contribution in [0, 0.1) is 0 Å². The number of hydrazine groups is 1. The van der Waals surface area contributed by atoms with Crippen molar-refractivity contribution in [2.24, 2.45) is 10.8 Å². The predicted molar refractivity (Wildman–Crippen MR) is 68.2 cm³/mol. The molecule has 94 valence electrons. The largest absolute Gasteiger partial charge is 0.496 e. The molecule has 0 saturated heterocycles. The molecule has 1 rings (SSSR count). The van der Waals surface area contributed by atoms with Gasteiger partial charge in [-0.2, -0.15) is 0 Å². The normalized spacial score (nSPS) is 11.4. The fourth-order valence-corrected chi connectivity index (χ4v) is 1.45.